The van der Waals surface area contributed by atoms with E-state index in [0.29, 0.717) is 41.7 Å². The summed E-state index contributed by atoms with van der Waals surface area (Å²) in [6.45, 7) is 8.31. The Bertz CT molecular complexity index is 1270. The normalized spacial score (nSPS) is 29.3. The molecule has 0 saturated heterocycles. The van der Waals surface area contributed by atoms with E-state index in [1.165, 1.54) is 27.8 Å². The molecule has 0 aromatic heterocycles. The molecule has 3 aliphatic rings. The first kappa shape index (κ1) is 26.6. The molecule has 2 heteroatoms. The third-order valence-electron chi connectivity index (χ3n) is 9.61. The molecule has 198 valence electrons. The summed E-state index contributed by atoms with van der Waals surface area (Å²) in [7, 11) is 0. The first-order chi connectivity index (χ1) is 18.4. The van der Waals surface area contributed by atoms with Crippen LogP contribution in [0.2, 0.25) is 0 Å². The molecule has 0 bridgehead atoms. The third-order valence-corrected chi connectivity index (χ3v) is 9.61. The lowest BCUT2D eigenvalue weighted by molar-refractivity contribution is -0.122. The standard InChI is InChI=1S/C36H42O2/c1-5-7-8-24(4)36(38)29-15-16-31(25(6-2)19-29)30-21-34(35(37)22-30)28-14-18-33-27(20-28)13-17-32(33)26-11-9-23(3)10-12-26/h5,7-14,17-18,20,25,29-32,34H,6,15-16,19,21-22H2,1-4H3. The second-order valence-corrected chi connectivity index (χ2v) is 11.9. The molecule has 38 heavy (non-hydrogen) atoms. The van der Waals surface area contributed by atoms with Gasteiger partial charge in [0.25, 0.3) is 0 Å². The first-order valence-corrected chi connectivity index (χ1v) is 14.6. The zero-order valence-electron chi connectivity index (χ0n) is 23.5. The second kappa shape index (κ2) is 11.4. The molecule has 6 atom stereocenters. The number of aryl methyl sites for hydroxylation is 1. The van der Waals surface area contributed by atoms with Crippen LogP contribution < -0.4 is 0 Å². The van der Waals surface area contributed by atoms with Gasteiger partial charge in [-0.3, -0.25) is 9.59 Å². The van der Waals surface area contributed by atoms with Crippen molar-refractivity contribution >= 4 is 17.6 Å². The van der Waals surface area contributed by atoms with E-state index in [2.05, 4.69) is 68.5 Å². The van der Waals surface area contributed by atoms with Crippen molar-refractivity contribution in [1.82, 2.24) is 0 Å². The molecule has 2 fully saturated rings. The third kappa shape index (κ3) is 5.28. The summed E-state index contributed by atoms with van der Waals surface area (Å²) in [5, 5.41) is 0. The Morgan fingerprint density at radius 3 is 2.53 bits per heavy atom. The summed E-state index contributed by atoms with van der Waals surface area (Å²) in [6.07, 6.45) is 16.1. The van der Waals surface area contributed by atoms with E-state index in [4.69, 9.17) is 0 Å². The van der Waals surface area contributed by atoms with Gasteiger partial charge >= 0.3 is 0 Å². The van der Waals surface area contributed by atoms with Crippen LogP contribution in [0.15, 0.2) is 72.3 Å². The predicted octanol–water partition coefficient (Wildman–Crippen LogP) is 8.75. The fourth-order valence-electron chi connectivity index (χ4n) is 7.43. The van der Waals surface area contributed by atoms with Crippen LogP contribution in [0.1, 0.15) is 98.9 Å². The van der Waals surface area contributed by atoms with E-state index in [-0.39, 0.29) is 11.8 Å². The molecule has 0 N–H and O–H groups in total. The van der Waals surface area contributed by atoms with Crippen molar-refractivity contribution in [3.8, 4) is 0 Å². The van der Waals surface area contributed by atoms with E-state index in [0.717, 1.165) is 37.7 Å². The van der Waals surface area contributed by atoms with Crippen LogP contribution in [0.25, 0.3) is 6.08 Å². The van der Waals surface area contributed by atoms with Gasteiger partial charge in [-0.1, -0.05) is 91.8 Å². The number of allylic oxidation sites excluding steroid dienone is 5. The molecule has 3 aliphatic carbocycles. The van der Waals surface area contributed by atoms with Crippen LogP contribution in [0.3, 0.4) is 0 Å². The van der Waals surface area contributed by atoms with Gasteiger partial charge in [-0.25, -0.2) is 0 Å². The van der Waals surface area contributed by atoms with E-state index < -0.39 is 0 Å². The highest BCUT2D eigenvalue weighted by molar-refractivity contribution is 5.97. The molecule has 2 aromatic carbocycles. The molecule has 2 saturated carbocycles. The lowest BCUT2D eigenvalue weighted by Crippen LogP contribution is -2.33. The van der Waals surface area contributed by atoms with Crippen LogP contribution in [0, 0.1) is 30.6 Å². The number of rotatable bonds is 7. The van der Waals surface area contributed by atoms with Gasteiger partial charge in [0.1, 0.15) is 5.78 Å². The van der Waals surface area contributed by atoms with Crippen molar-refractivity contribution in [3.63, 3.8) is 0 Å². The number of carbonyl (C=O) groups excluding carboxylic acids is 2. The van der Waals surface area contributed by atoms with Gasteiger partial charge in [-0.05, 0) is 92.0 Å². The fraction of sp³-hybridized carbons (Fsp3) is 0.444. The summed E-state index contributed by atoms with van der Waals surface area (Å²) in [6, 6.07) is 15.6. The Kier molecular flexibility index (Phi) is 7.98. The number of hydrogen-bond acceptors (Lipinski definition) is 2. The van der Waals surface area contributed by atoms with Crippen molar-refractivity contribution < 1.29 is 9.59 Å². The first-order valence-electron chi connectivity index (χ1n) is 14.6. The fourth-order valence-corrected chi connectivity index (χ4v) is 7.43. The number of carbonyl (C=O) groups is 2. The number of hydrogen-bond donors (Lipinski definition) is 0. The molecule has 5 rings (SSSR count). The average molecular weight is 507 g/mol. The Labute approximate surface area is 228 Å². The largest absolute Gasteiger partial charge is 0.299 e. The Balaban J connectivity index is 1.27. The van der Waals surface area contributed by atoms with E-state index >= 15 is 0 Å². The SMILES string of the molecule is CC=CC=C(C)C(=O)C1CCC(C2CC(=O)C(c3ccc4c(c3)C=CC4c3ccc(C)cc3)C2)C(CC)C1. The van der Waals surface area contributed by atoms with E-state index in [9.17, 15) is 9.59 Å². The van der Waals surface area contributed by atoms with Gasteiger partial charge in [-0.15, -0.1) is 0 Å². The van der Waals surface area contributed by atoms with Crippen LogP contribution in [0.5, 0.6) is 0 Å². The van der Waals surface area contributed by atoms with Crippen molar-refractivity contribution in [2.24, 2.45) is 23.7 Å². The quantitative estimate of drug-likeness (QED) is 0.278. The maximum atomic E-state index is 13.3. The van der Waals surface area contributed by atoms with E-state index in [1.807, 2.05) is 32.1 Å². The van der Waals surface area contributed by atoms with Gasteiger partial charge in [0.05, 0.1) is 0 Å². The maximum Gasteiger partial charge on any atom is 0.161 e. The highest BCUT2D eigenvalue weighted by Crippen LogP contribution is 2.49. The molecular weight excluding hydrogens is 464 g/mol. The van der Waals surface area contributed by atoms with Gasteiger partial charge in [-0.2, -0.15) is 0 Å². The summed E-state index contributed by atoms with van der Waals surface area (Å²) in [4.78, 5) is 26.4. The van der Waals surface area contributed by atoms with Crippen LogP contribution in [0.4, 0.5) is 0 Å². The topological polar surface area (TPSA) is 34.1 Å². The number of ketones is 2. The zero-order valence-corrected chi connectivity index (χ0v) is 23.5. The minimum atomic E-state index is 0.0139. The van der Waals surface area contributed by atoms with Crippen molar-refractivity contribution in [2.45, 2.75) is 78.1 Å². The van der Waals surface area contributed by atoms with Gasteiger partial charge in [0, 0.05) is 24.2 Å². The predicted molar refractivity (Wildman–Crippen MR) is 157 cm³/mol. The van der Waals surface area contributed by atoms with Gasteiger partial charge < -0.3 is 0 Å². The zero-order chi connectivity index (χ0) is 26.8. The van der Waals surface area contributed by atoms with Crippen LogP contribution in [-0.4, -0.2) is 11.6 Å². The lowest BCUT2D eigenvalue weighted by Gasteiger charge is -2.38. The Morgan fingerprint density at radius 1 is 1.03 bits per heavy atom. The van der Waals surface area contributed by atoms with Crippen molar-refractivity contribution in [1.29, 1.82) is 0 Å². The van der Waals surface area contributed by atoms with Crippen molar-refractivity contribution in [3.05, 3.63) is 100 Å². The summed E-state index contributed by atoms with van der Waals surface area (Å²) >= 11 is 0. The molecule has 0 radical (unpaired) electrons. The lowest BCUT2D eigenvalue weighted by atomic mass is 9.66. The monoisotopic (exact) mass is 506 g/mol. The molecule has 2 aromatic rings. The maximum absolute atomic E-state index is 13.3. The molecule has 0 heterocycles. The highest BCUT2D eigenvalue weighted by Gasteiger charge is 2.43. The molecule has 0 spiro atoms. The Hall–Kier alpha value is -3.00. The number of fused-ring (bicyclic) bond motifs is 1. The van der Waals surface area contributed by atoms with Crippen LogP contribution in [-0.2, 0) is 9.59 Å². The Morgan fingerprint density at radius 2 is 1.79 bits per heavy atom. The summed E-state index contributed by atoms with van der Waals surface area (Å²) in [5.74, 6) is 2.69. The van der Waals surface area contributed by atoms with Gasteiger partial charge in [0.2, 0.25) is 0 Å². The summed E-state index contributed by atoms with van der Waals surface area (Å²) in [5.41, 5.74) is 7.26. The minimum absolute atomic E-state index is 0.0139. The molecule has 0 amide bonds. The smallest absolute Gasteiger partial charge is 0.161 e. The minimum Gasteiger partial charge on any atom is -0.299 e. The number of Topliss-reactive ketones (excluding diaryl/α,β-unsaturated/α-hetero) is 2. The summed E-state index contributed by atoms with van der Waals surface area (Å²) < 4.78 is 0. The molecule has 6 unspecified atom stereocenters. The molecule has 0 aliphatic heterocycles. The van der Waals surface area contributed by atoms with Crippen LogP contribution >= 0.6 is 0 Å². The molecular formula is C36H42O2. The van der Waals surface area contributed by atoms with Gasteiger partial charge in [0.15, 0.2) is 5.78 Å². The highest BCUT2D eigenvalue weighted by atomic mass is 16.1. The molecule has 2 nitrogen and oxygen atoms in total. The van der Waals surface area contributed by atoms with Crippen molar-refractivity contribution in [2.75, 3.05) is 0 Å². The number of benzene rings is 2. The average Bonchev–Trinajstić information content (AvgIpc) is 3.54. The second-order valence-electron chi connectivity index (χ2n) is 11.9. The van der Waals surface area contributed by atoms with E-state index in [1.54, 1.807) is 0 Å².